The molecule has 1 aliphatic carbocycles. The van der Waals surface area contributed by atoms with Crippen LogP contribution in [0.4, 0.5) is 5.69 Å². The zero-order valence-electron chi connectivity index (χ0n) is 14.1. The van der Waals surface area contributed by atoms with Gasteiger partial charge in [0.25, 0.3) is 0 Å². The van der Waals surface area contributed by atoms with Crippen LogP contribution >= 0.6 is 12.2 Å². The number of benzene rings is 2. The van der Waals surface area contributed by atoms with Gasteiger partial charge in [-0.3, -0.25) is 0 Å². The first-order chi connectivity index (χ1) is 11.7. The number of nitrogens with zero attached hydrogens (tertiary/aromatic N) is 1. The minimum absolute atomic E-state index is 0. The summed E-state index contributed by atoms with van der Waals surface area (Å²) in [5.41, 5.74) is 4.74. The lowest BCUT2D eigenvalue weighted by Gasteiger charge is -2.26. The van der Waals surface area contributed by atoms with E-state index in [-0.39, 0.29) is 1.43 Å². The summed E-state index contributed by atoms with van der Waals surface area (Å²) in [6.45, 7) is 2.37. The summed E-state index contributed by atoms with van der Waals surface area (Å²) in [5.74, 6) is 1.66. The molecule has 1 saturated carbocycles. The van der Waals surface area contributed by atoms with Crippen LogP contribution in [-0.4, -0.2) is 5.16 Å². The van der Waals surface area contributed by atoms with Gasteiger partial charge >= 0.3 is 0 Å². The summed E-state index contributed by atoms with van der Waals surface area (Å²) >= 11 is 4.61. The first-order valence-corrected chi connectivity index (χ1v) is 9.11. The maximum absolute atomic E-state index is 4.61. The van der Waals surface area contributed by atoms with Crippen LogP contribution in [0, 0.1) is 5.92 Å². The summed E-state index contributed by atoms with van der Waals surface area (Å²) in [4.78, 5) is 3.97. The fraction of sp³-hybridized carbons (Fsp3) is 0.318. The highest BCUT2D eigenvalue weighted by Gasteiger charge is 2.19. The number of rotatable bonds is 4. The molecule has 124 valence electrons. The van der Waals surface area contributed by atoms with E-state index < -0.39 is 0 Å². The van der Waals surface area contributed by atoms with Gasteiger partial charge in [0, 0.05) is 1.43 Å². The lowest BCUT2D eigenvalue weighted by atomic mass is 9.79. The molecule has 0 amide bonds. The molecule has 0 aromatic heterocycles. The Hall–Kier alpha value is -2.02. The third kappa shape index (κ3) is 4.50. The van der Waals surface area contributed by atoms with E-state index in [2.05, 4.69) is 65.7 Å². The minimum Gasteiger partial charge on any atom is -0.195 e. The first-order valence-electron chi connectivity index (χ1n) is 8.70. The first kappa shape index (κ1) is 16.8. The zero-order chi connectivity index (χ0) is 16.8. The molecular weight excluding hydrogens is 310 g/mol. The molecule has 0 heterocycles. The third-order valence-corrected chi connectivity index (χ3v) is 5.05. The van der Waals surface area contributed by atoms with Crippen LogP contribution in [0.25, 0.3) is 12.2 Å². The molecule has 0 unspecified atom stereocenters. The van der Waals surface area contributed by atoms with Gasteiger partial charge in [-0.15, -0.1) is 0 Å². The highest BCUT2D eigenvalue weighted by Crippen LogP contribution is 2.35. The maximum atomic E-state index is 4.61. The van der Waals surface area contributed by atoms with Crippen molar-refractivity contribution in [1.82, 2.24) is 0 Å². The van der Waals surface area contributed by atoms with E-state index in [1.165, 1.54) is 36.8 Å². The van der Waals surface area contributed by atoms with Gasteiger partial charge in [0.2, 0.25) is 0 Å². The SMILES string of the molecule is CC1CCC(c2ccc(C=Cc3ccc(N=C=S)cc3)cc2)CC1.[HH]. The second-order valence-corrected chi connectivity index (χ2v) is 6.93. The molecule has 1 aliphatic rings. The van der Waals surface area contributed by atoms with E-state index in [1.54, 1.807) is 0 Å². The maximum Gasteiger partial charge on any atom is 0.0739 e. The average molecular weight is 336 g/mol. The Balaban J connectivity index is 0.00000225. The van der Waals surface area contributed by atoms with Crippen molar-refractivity contribution in [3.63, 3.8) is 0 Å². The van der Waals surface area contributed by atoms with Crippen LogP contribution in [0.5, 0.6) is 0 Å². The fourth-order valence-corrected chi connectivity index (χ4v) is 3.48. The molecule has 0 radical (unpaired) electrons. The molecule has 2 heteroatoms. The van der Waals surface area contributed by atoms with Crippen LogP contribution in [0.1, 0.15) is 56.6 Å². The second kappa shape index (κ2) is 8.19. The van der Waals surface area contributed by atoms with Crippen molar-refractivity contribution in [3.8, 4) is 0 Å². The lowest BCUT2D eigenvalue weighted by Crippen LogP contribution is -2.10. The summed E-state index contributed by atoms with van der Waals surface area (Å²) in [5, 5.41) is 2.39. The van der Waals surface area contributed by atoms with Gasteiger partial charge in [-0.25, -0.2) is 0 Å². The molecule has 0 atom stereocenters. The highest BCUT2D eigenvalue weighted by molar-refractivity contribution is 7.78. The molecule has 1 fully saturated rings. The quantitative estimate of drug-likeness (QED) is 0.329. The number of hydrogen-bond acceptors (Lipinski definition) is 2. The predicted octanol–water partition coefficient (Wildman–Crippen LogP) is 7.13. The van der Waals surface area contributed by atoms with E-state index in [1.807, 2.05) is 24.3 Å². The molecule has 24 heavy (non-hydrogen) atoms. The van der Waals surface area contributed by atoms with Crippen LogP contribution in [0.15, 0.2) is 53.5 Å². The van der Waals surface area contributed by atoms with E-state index >= 15 is 0 Å². The Morgan fingerprint density at radius 3 is 2.00 bits per heavy atom. The van der Waals surface area contributed by atoms with Crippen molar-refractivity contribution < 1.29 is 1.43 Å². The Bertz CT molecular complexity index is 735. The van der Waals surface area contributed by atoms with Crippen molar-refractivity contribution in [2.75, 3.05) is 0 Å². The van der Waals surface area contributed by atoms with Crippen molar-refractivity contribution in [3.05, 3.63) is 65.2 Å². The molecule has 3 rings (SSSR count). The van der Waals surface area contributed by atoms with Crippen LogP contribution in [0.3, 0.4) is 0 Å². The molecule has 0 bridgehead atoms. The van der Waals surface area contributed by atoms with E-state index in [0.717, 1.165) is 23.1 Å². The third-order valence-electron chi connectivity index (χ3n) is 4.96. The Labute approximate surface area is 151 Å². The summed E-state index contributed by atoms with van der Waals surface area (Å²) < 4.78 is 0. The molecule has 0 spiro atoms. The van der Waals surface area contributed by atoms with Gasteiger partial charge in [-0.05, 0) is 65.7 Å². The van der Waals surface area contributed by atoms with Gasteiger partial charge in [0.1, 0.15) is 0 Å². The Kier molecular flexibility index (Phi) is 5.74. The molecule has 0 N–H and O–H groups in total. The predicted molar refractivity (Wildman–Crippen MR) is 109 cm³/mol. The average Bonchev–Trinajstić information content (AvgIpc) is 2.63. The van der Waals surface area contributed by atoms with Crippen LogP contribution in [-0.2, 0) is 0 Å². The summed E-state index contributed by atoms with van der Waals surface area (Å²) in [7, 11) is 0. The molecule has 1 nitrogen and oxygen atoms in total. The standard InChI is InChI=1S/C22H23NS.H2/c1-17-2-10-20(11-3-17)21-12-6-18(7-13-21)4-5-19-8-14-22(15-9-19)23-16-24;/h4-9,12-15,17,20H,2-3,10-11H2,1H3;1H. The number of thiocarbonyl (C=S) groups is 1. The largest absolute Gasteiger partial charge is 0.195 e. The topological polar surface area (TPSA) is 12.4 Å². The molecule has 0 aliphatic heterocycles. The van der Waals surface area contributed by atoms with Crippen molar-refractivity contribution in [2.45, 2.75) is 38.5 Å². The fourth-order valence-electron chi connectivity index (χ4n) is 3.38. The van der Waals surface area contributed by atoms with Gasteiger partial charge in [0.15, 0.2) is 0 Å². The highest BCUT2D eigenvalue weighted by atomic mass is 32.1. The van der Waals surface area contributed by atoms with Crippen molar-refractivity contribution >= 4 is 35.2 Å². The van der Waals surface area contributed by atoms with Crippen LogP contribution < -0.4 is 0 Å². The Morgan fingerprint density at radius 2 is 1.46 bits per heavy atom. The van der Waals surface area contributed by atoms with E-state index in [0.29, 0.717) is 0 Å². The molecule has 0 saturated heterocycles. The summed E-state index contributed by atoms with van der Waals surface area (Å²) in [6.07, 6.45) is 9.71. The molecule has 2 aromatic rings. The number of hydrogen-bond donors (Lipinski definition) is 0. The van der Waals surface area contributed by atoms with Gasteiger partial charge < -0.3 is 0 Å². The van der Waals surface area contributed by atoms with Gasteiger partial charge in [-0.1, -0.05) is 68.3 Å². The van der Waals surface area contributed by atoms with Gasteiger partial charge in [-0.2, -0.15) is 4.99 Å². The summed E-state index contributed by atoms with van der Waals surface area (Å²) in [6, 6.07) is 17.1. The zero-order valence-corrected chi connectivity index (χ0v) is 14.9. The molecule has 2 aromatic carbocycles. The normalized spacial score (nSPS) is 20.7. The van der Waals surface area contributed by atoms with Crippen LogP contribution in [0.2, 0.25) is 0 Å². The monoisotopic (exact) mass is 335 g/mol. The smallest absolute Gasteiger partial charge is 0.0739 e. The van der Waals surface area contributed by atoms with Crippen molar-refractivity contribution in [1.29, 1.82) is 0 Å². The lowest BCUT2D eigenvalue weighted by molar-refractivity contribution is 0.348. The molecular formula is C22H25NS. The van der Waals surface area contributed by atoms with Gasteiger partial charge in [0.05, 0.1) is 10.8 Å². The second-order valence-electron chi connectivity index (χ2n) is 6.75. The van der Waals surface area contributed by atoms with E-state index in [9.17, 15) is 0 Å². The van der Waals surface area contributed by atoms with Crippen molar-refractivity contribution in [2.24, 2.45) is 10.9 Å². The number of aliphatic imine (C=N–C) groups is 1. The number of isothiocyanates is 1. The minimum atomic E-state index is 0. The van der Waals surface area contributed by atoms with E-state index in [4.69, 9.17) is 0 Å². The Morgan fingerprint density at radius 1 is 0.917 bits per heavy atom.